The molecule has 6 nitrogen and oxygen atoms in total. The predicted octanol–water partition coefficient (Wildman–Crippen LogP) is 1.55. The number of hydrogen-bond acceptors (Lipinski definition) is 5. The van der Waals surface area contributed by atoms with Gasteiger partial charge in [-0.3, -0.25) is 10.1 Å². The lowest BCUT2D eigenvalue weighted by molar-refractivity contribution is -0.385. The van der Waals surface area contributed by atoms with Crippen LogP contribution < -0.4 is 0 Å². The molecule has 0 N–H and O–H groups in total. The van der Waals surface area contributed by atoms with Gasteiger partial charge < -0.3 is 4.74 Å². The second kappa shape index (κ2) is 4.50. The van der Waals surface area contributed by atoms with Crippen LogP contribution in [0, 0.1) is 10.1 Å². The van der Waals surface area contributed by atoms with Gasteiger partial charge >= 0.3 is 5.97 Å². The van der Waals surface area contributed by atoms with Crippen LogP contribution in [0.3, 0.4) is 0 Å². The summed E-state index contributed by atoms with van der Waals surface area (Å²) in [5.41, 5.74) is -0.237. The molecule has 0 aliphatic heterocycles. The summed E-state index contributed by atoms with van der Waals surface area (Å²) in [5, 5.41) is 10.4. The fraction of sp³-hybridized carbons (Fsp3) is 0.333. The van der Waals surface area contributed by atoms with E-state index in [1.54, 1.807) is 13.8 Å². The van der Waals surface area contributed by atoms with E-state index in [2.05, 4.69) is 4.98 Å². The van der Waals surface area contributed by atoms with E-state index in [0.29, 0.717) is 0 Å². The summed E-state index contributed by atoms with van der Waals surface area (Å²) in [5.74, 6) is -0.659. The van der Waals surface area contributed by atoms with Crippen LogP contribution in [0.15, 0.2) is 18.3 Å². The van der Waals surface area contributed by atoms with Crippen molar-refractivity contribution in [3.05, 3.63) is 34.1 Å². The number of ether oxygens (including phenoxy) is 1. The van der Waals surface area contributed by atoms with Crippen LogP contribution in [0.5, 0.6) is 0 Å². The zero-order valence-corrected chi connectivity index (χ0v) is 8.34. The second-order valence-electron chi connectivity index (χ2n) is 3.11. The molecule has 15 heavy (non-hydrogen) atoms. The molecule has 0 bridgehead atoms. The molecule has 0 atom stereocenters. The number of nitro groups is 1. The Balaban J connectivity index is 2.90. The van der Waals surface area contributed by atoms with Crippen LogP contribution in [0.4, 0.5) is 5.69 Å². The molecule has 6 heteroatoms. The number of nitrogens with zero attached hydrogens (tertiary/aromatic N) is 2. The van der Waals surface area contributed by atoms with E-state index < -0.39 is 10.9 Å². The van der Waals surface area contributed by atoms with Gasteiger partial charge in [0, 0.05) is 18.3 Å². The Morgan fingerprint density at radius 1 is 1.60 bits per heavy atom. The first-order chi connectivity index (χ1) is 7.00. The second-order valence-corrected chi connectivity index (χ2v) is 3.11. The molecule has 0 aliphatic carbocycles. The summed E-state index contributed by atoms with van der Waals surface area (Å²) in [6.45, 7) is 3.38. The lowest BCUT2D eigenvalue weighted by Crippen LogP contribution is -2.13. The molecule has 1 aromatic heterocycles. The molecule has 0 unspecified atom stereocenters. The number of rotatable bonds is 3. The number of carbonyl (C=O) groups excluding carboxylic acids is 1. The van der Waals surface area contributed by atoms with Crippen molar-refractivity contribution in [2.45, 2.75) is 20.0 Å². The van der Waals surface area contributed by atoms with Crippen molar-refractivity contribution in [1.82, 2.24) is 4.98 Å². The number of hydrogen-bond donors (Lipinski definition) is 0. The van der Waals surface area contributed by atoms with E-state index in [1.807, 2.05) is 0 Å². The number of pyridine rings is 1. The topological polar surface area (TPSA) is 82.3 Å². The van der Waals surface area contributed by atoms with Crippen molar-refractivity contribution in [2.24, 2.45) is 0 Å². The van der Waals surface area contributed by atoms with Crippen LogP contribution in [0.1, 0.15) is 24.3 Å². The molecule has 0 aromatic carbocycles. The zero-order chi connectivity index (χ0) is 11.4. The minimum absolute atomic E-state index is 0.0575. The lowest BCUT2D eigenvalue weighted by atomic mass is 10.3. The largest absolute Gasteiger partial charge is 0.458 e. The predicted molar refractivity (Wildman–Crippen MR) is 51.4 cm³/mol. The maximum atomic E-state index is 11.3. The average molecular weight is 210 g/mol. The maximum absolute atomic E-state index is 11.3. The highest BCUT2D eigenvalue weighted by Crippen LogP contribution is 2.11. The zero-order valence-electron chi connectivity index (χ0n) is 8.34. The van der Waals surface area contributed by atoms with Crippen molar-refractivity contribution in [1.29, 1.82) is 0 Å². The van der Waals surface area contributed by atoms with Gasteiger partial charge in [0.05, 0.1) is 11.0 Å². The summed E-state index contributed by atoms with van der Waals surface area (Å²) in [6.07, 6.45) is 0.924. The third-order valence-corrected chi connectivity index (χ3v) is 1.51. The summed E-state index contributed by atoms with van der Waals surface area (Å²) >= 11 is 0. The van der Waals surface area contributed by atoms with Gasteiger partial charge in [-0.15, -0.1) is 0 Å². The van der Waals surface area contributed by atoms with Gasteiger partial charge in [-0.2, -0.15) is 0 Å². The van der Waals surface area contributed by atoms with E-state index >= 15 is 0 Å². The molecular formula is C9H10N2O4. The average Bonchev–Trinajstić information content (AvgIpc) is 2.17. The van der Waals surface area contributed by atoms with Crippen LogP contribution in [-0.2, 0) is 4.74 Å². The first-order valence-corrected chi connectivity index (χ1v) is 4.32. The summed E-state index contributed by atoms with van der Waals surface area (Å²) in [6, 6.07) is 2.30. The number of aromatic nitrogens is 1. The van der Waals surface area contributed by atoms with Crippen LogP contribution in [-0.4, -0.2) is 22.0 Å². The van der Waals surface area contributed by atoms with Crippen molar-refractivity contribution < 1.29 is 14.5 Å². The van der Waals surface area contributed by atoms with Crippen LogP contribution in [0.2, 0.25) is 0 Å². The summed E-state index contributed by atoms with van der Waals surface area (Å²) < 4.78 is 4.85. The van der Waals surface area contributed by atoms with Crippen molar-refractivity contribution in [3.8, 4) is 0 Å². The highest BCUT2D eigenvalue weighted by Gasteiger charge is 2.14. The van der Waals surface area contributed by atoms with E-state index in [4.69, 9.17) is 4.74 Å². The molecule has 1 heterocycles. The Kier molecular flexibility index (Phi) is 3.33. The van der Waals surface area contributed by atoms with Crippen LogP contribution in [0.25, 0.3) is 0 Å². The summed E-state index contributed by atoms with van der Waals surface area (Å²) in [4.78, 5) is 24.9. The van der Waals surface area contributed by atoms with Gasteiger partial charge in [0.1, 0.15) is 0 Å². The molecule has 1 aromatic rings. The Morgan fingerprint density at radius 2 is 2.27 bits per heavy atom. The van der Waals surface area contributed by atoms with E-state index in [-0.39, 0.29) is 17.5 Å². The monoisotopic (exact) mass is 210 g/mol. The number of carbonyl (C=O) groups is 1. The van der Waals surface area contributed by atoms with Gasteiger partial charge in [-0.1, -0.05) is 0 Å². The third-order valence-electron chi connectivity index (χ3n) is 1.51. The normalized spacial score (nSPS) is 10.1. The van der Waals surface area contributed by atoms with E-state index in [1.165, 1.54) is 12.3 Å². The first-order valence-electron chi connectivity index (χ1n) is 4.32. The highest BCUT2D eigenvalue weighted by molar-refractivity contribution is 5.87. The molecule has 0 radical (unpaired) electrons. The van der Waals surface area contributed by atoms with E-state index in [9.17, 15) is 14.9 Å². The van der Waals surface area contributed by atoms with Gasteiger partial charge in [0.25, 0.3) is 5.69 Å². The molecule has 0 aliphatic rings. The smallest absolute Gasteiger partial charge is 0.357 e. The molecule has 0 fully saturated rings. The number of esters is 1. The Labute approximate surface area is 86.0 Å². The molecular weight excluding hydrogens is 200 g/mol. The van der Waals surface area contributed by atoms with Crippen LogP contribution >= 0.6 is 0 Å². The first kappa shape index (κ1) is 11.1. The maximum Gasteiger partial charge on any atom is 0.357 e. The minimum atomic E-state index is -0.659. The summed E-state index contributed by atoms with van der Waals surface area (Å²) in [7, 11) is 0. The Morgan fingerprint density at radius 3 is 2.80 bits per heavy atom. The minimum Gasteiger partial charge on any atom is -0.458 e. The van der Waals surface area contributed by atoms with Crippen molar-refractivity contribution in [2.75, 3.05) is 0 Å². The Hall–Kier alpha value is -1.98. The lowest BCUT2D eigenvalue weighted by Gasteiger charge is -2.06. The molecule has 1 rings (SSSR count). The molecule has 80 valence electrons. The Bertz CT molecular complexity index is 389. The van der Waals surface area contributed by atoms with Crippen molar-refractivity contribution >= 4 is 11.7 Å². The van der Waals surface area contributed by atoms with Gasteiger partial charge in [0.2, 0.25) is 0 Å². The fourth-order valence-electron chi connectivity index (χ4n) is 0.919. The molecule has 0 saturated heterocycles. The molecule has 0 saturated carbocycles. The van der Waals surface area contributed by atoms with Gasteiger partial charge in [0.15, 0.2) is 5.69 Å². The highest BCUT2D eigenvalue weighted by atomic mass is 16.6. The van der Waals surface area contributed by atoms with Crippen molar-refractivity contribution in [3.63, 3.8) is 0 Å². The third kappa shape index (κ3) is 3.01. The van der Waals surface area contributed by atoms with Gasteiger partial charge in [-0.05, 0) is 13.8 Å². The molecule has 0 amide bonds. The van der Waals surface area contributed by atoms with E-state index in [0.717, 1.165) is 6.07 Å². The van der Waals surface area contributed by atoms with Gasteiger partial charge in [-0.25, -0.2) is 9.78 Å². The standard InChI is InChI=1S/C9H10N2O4/c1-6(2)15-9(12)8-5-7(11(13)14)3-4-10-8/h3-6H,1-2H3. The fourth-order valence-corrected chi connectivity index (χ4v) is 0.919. The quantitative estimate of drug-likeness (QED) is 0.429. The SMILES string of the molecule is CC(C)OC(=O)c1cc([N+](=O)[O-])ccn1. The molecule has 0 spiro atoms.